The second kappa shape index (κ2) is 7.60. The molecular formula is C18H28N2O. The van der Waals surface area contributed by atoms with Crippen LogP contribution >= 0.6 is 0 Å². The molecule has 0 aromatic heterocycles. The zero-order valence-electron chi connectivity index (χ0n) is 13.6. The van der Waals surface area contributed by atoms with E-state index in [1.165, 1.54) is 42.5 Å². The molecule has 21 heavy (non-hydrogen) atoms. The van der Waals surface area contributed by atoms with Crippen molar-refractivity contribution in [2.24, 2.45) is 0 Å². The summed E-state index contributed by atoms with van der Waals surface area (Å²) in [4.78, 5) is 14.4. The Balaban J connectivity index is 1.75. The molecule has 3 heteroatoms. The van der Waals surface area contributed by atoms with Crippen molar-refractivity contribution in [2.45, 2.75) is 58.5 Å². The van der Waals surface area contributed by atoms with Gasteiger partial charge in [-0.25, -0.2) is 0 Å². The van der Waals surface area contributed by atoms with Gasteiger partial charge in [-0.15, -0.1) is 0 Å². The summed E-state index contributed by atoms with van der Waals surface area (Å²) in [6.45, 7) is 6.00. The molecule has 1 aromatic carbocycles. The van der Waals surface area contributed by atoms with Gasteiger partial charge in [0.1, 0.15) is 0 Å². The number of piperidine rings is 1. The number of amides is 1. The molecule has 1 atom stereocenters. The maximum atomic E-state index is 12.0. The lowest BCUT2D eigenvalue weighted by molar-refractivity contribution is -0.121. The van der Waals surface area contributed by atoms with Gasteiger partial charge in [0.15, 0.2) is 0 Å². The number of hydrogen-bond donors (Lipinski definition) is 1. The Hall–Kier alpha value is -1.35. The molecule has 1 fully saturated rings. The largest absolute Gasteiger partial charge is 0.352 e. The van der Waals surface area contributed by atoms with Crippen LogP contribution in [-0.4, -0.2) is 30.4 Å². The van der Waals surface area contributed by atoms with Gasteiger partial charge in [0.2, 0.25) is 5.91 Å². The minimum Gasteiger partial charge on any atom is -0.352 e. The third-order valence-corrected chi connectivity index (χ3v) is 4.61. The van der Waals surface area contributed by atoms with Crippen LogP contribution in [0.4, 0.5) is 0 Å². The van der Waals surface area contributed by atoms with E-state index in [-0.39, 0.29) is 5.91 Å². The van der Waals surface area contributed by atoms with Crippen molar-refractivity contribution in [3.05, 3.63) is 34.9 Å². The minimum atomic E-state index is 0.176. The number of rotatable bonds is 5. The van der Waals surface area contributed by atoms with Gasteiger partial charge in [-0.2, -0.15) is 0 Å². The van der Waals surface area contributed by atoms with Crippen molar-refractivity contribution in [1.82, 2.24) is 10.2 Å². The lowest BCUT2D eigenvalue weighted by Crippen LogP contribution is -2.37. The van der Waals surface area contributed by atoms with Crippen LogP contribution in [0.5, 0.6) is 0 Å². The molecule has 1 amide bonds. The highest BCUT2D eigenvalue weighted by molar-refractivity contribution is 5.75. The number of carbonyl (C=O) groups excluding carboxylic acids is 1. The SMILES string of the molecule is Cc1ccc(C)c(CNC(=O)CCC2CCCCN2C)c1. The molecule has 0 spiro atoms. The van der Waals surface area contributed by atoms with E-state index in [0.29, 0.717) is 19.0 Å². The van der Waals surface area contributed by atoms with Crippen molar-refractivity contribution in [1.29, 1.82) is 0 Å². The molecule has 0 radical (unpaired) electrons. The molecule has 1 heterocycles. The number of benzene rings is 1. The molecule has 1 N–H and O–H groups in total. The third-order valence-electron chi connectivity index (χ3n) is 4.61. The number of carbonyl (C=O) groups is 1. The van der Waals surface area contributed by atoms with Crippen molar-refractivity contribution >= 4 is 5.91 Å². The fraction of sp³-hybridized carbons (Fsp3) is 0.611. The lowest BCUT2D eigenvalue weighted by atomic mass is 9.98. The van der Waals surface area contributed by atoms with Crippen LogP contribution in [0, 0.1) is 13.8 Å². The Kier molecular flexibility index (Phi) is 5.80. The Morgan fingerprint density at radius 3 is 2.90 bits per heavy atom. The van der Waals surface area contributed by atoms with Gasteiger partial charge in [-0.1, -0.05) is 30.2 Å². The summed E-state index contributed by atoms with van der Waals surface area (Å²) in [5, 5.41) is 3.06. The Labute approximate surface area is 128 Å². The highest BCUT2D eigenvalue weighted by atomic mass is 16.1. The van der Waals surface area contributed by atoms with Gasteiger partial charge in [0, 0.05) is 19.0 Å². The third kappa shape index (κ3) is 4.85. The van der Waals surface area contributed by atoms with E-state index in [0.717, 1.165) is 6.42 Å². The van der Waals surface area contributed by atoms with E-state index in [4.69, 9.17) is 0 Å². The zero-order valence-corrected chi connectivity index (χ0v) is 13.6. The minimum absolute atomic E-state index is 0.176. The number of nitrogens with one attached hydrogen (secondary N) is 1. The van der Waals surface area contributed by atoms with Crippen molar-refractivity contribution in [2.75, 3.05) is 13.6 Å². The van der Waals surface area contributed by atoms with Crippen molar-refractivity contribution < 1.29 is 4.79 Å². The molecule has 1 saturated heterocycles. The first kappa shape index (κ1) is 16.0. The highest BCUT2D eigenvalue weighted by Crippen LogP contribution is 2.19. The number of nitrogens with zero attached hydrogens (tertiary/aromatic N) is 1. The standard InChI is InChI=1S/C18H28N2O/c1-14-7-8-15(2)16(12-14)13-19-18(21)10-9-17-6-4-5-11-20(17)3/h7-8,12,17H,4-6,9-11,13H2,1-3H3,(H,19,21). The normalized spacial score (nSPS) is 19.5. The summed E-state index contributed by atoms with van der Waals surface area (Å²) in [7, 11) is 2.18. The van der Waals surface area contributed by atoms with Gasteiger partial charge in [0.05, 0.1) is 0 Å². The van der Waals surface area contributed by atoms with Crippen molar-refractivity contribution in [3.63, 3.8) is 0 Å². The topological polar surface area (TPSA) is 32.3 Å². The summed E-state index contributed by atoms with van der Waals surface area (Å²) < 4.78 is 0. The van der Waals surface area contributed by atoms with Gasteiger partial charge in [0.25, 0.3) is 0 Å². The number of likely N-dealkylation sites (tertiary alicyclic amines) is 1. The Bertz CT molecular complexity index is 484. The van der Waals surface area contributed by atoms with E-state index < -0.39 is 0 Å². The van der Waals surface area contributed by atoms with Crippen LogP contribution in [0.25, 0.3) is 0 Å². The number of aryl methyl sites for hydroxylation is 2. The Morgan fingerprint density at radius 1 is 1.33 bits per heavy atom. The van der Waals surface area contributed by atoms with Crippen LogP contribution < -0.4 is 5.32 Å². The fourth-order valence-electron chi connectivity index (χ4n) is 3.08. The van der Waals surface area contributed by atoms with Gasteiger partial charge >= 0.3 is 0 Å². The molecular weight excluding hydrogens is 260 g/mol. The molecule has 0 saturated carbocycles. The van der Waals surface area contributed by atoms with Crippen LogP contribution in [0.3, 0.4) is 0 Å². The van der Waals surface area contributed by atoms with E-state index in [1.807, 2.05) is 0 Å². The van der Waals surface area contributed by atoms with Crippen LogP contribution in [0.15, 0.2) is 18.2 Å². The molecule has 1 unspecified atom stereocenters. The summed E-state index contributed by atoms with van der Waals surface area (Å²) >= 11 is 0. The van der Waals surface area contributed by atoms with Crippen LogP contribution in [0.2, 0.25) is 0 Å². The van der Waals surface area contributed by atoms with Crippen LogP contribution in [0.1, 0.15) is 48.8 Å². The van der Waals surface area contributed by atoms with E-state index >= 15 is 0 Å². The first-order chi connectivity index (χ1) is 10.1. The fourth-order valence-corrected chi connectivity index (χ4v) is 3.08. The average molecular weight is 288 g/mol. The molecule has 0 bridgehead atoms. The summed E-state index contributed by atoms with van der Waals surface area (Å²) in [6.07, 6.45) is 5.46. The molecule has 3 nitrogen and oxygen atoms in total. The predicted octanol–water partition coefficient (Wildman–Crippen LogP) is 3.18. The Morgan fingerprint density at radius 2 is 2.14 bits per heavy atom. The summed E-state index contributed by atoms with van der Waals surface area (Å²) in [5.41, 5.74) is 3.71. The average Bonchev–Trinajstić information content (AvgIpc) is 2.47. The van der Waals surface area contributed by atoms with Gasteiger partial charge < -0.3 is 10.2 Å². The maximum Gasteiger partial charge on any atom is 0.220 e. The molecule has 0 aliphatic carbocycles. The molecule has 1 aliphatic heterocycles. The quantitative estimate of drug-likeness (QED) is 0.902. The molecule has 2 rings (SSSR count). The van der Waals surface area contributed by atoms with E-state index in [9.17, 15) is 4.79 Å². The second-order valence-electron chi connectivity index (χ2n) is 6.38. The molecule has 1 aromatic rings. The smallest absolute Gasteiger partial charge is 0.220 e. The molecule has 1 aliphatic rings. The monoisotopic (exact) mass is 288 g/mol. The zero-order chi connectivity index (χ0) is 15.2. The van der Waals surface area contributed by atoms with E-state index in [1.54, 1.807) is 0 Å². The van der Waals surface area contributed by atoms with Crippen LogP contribution in [-0.2, 0) is 11.3 Å². The lowest BCUT2D eigenvalue weighted by Gasteiger charge is -2.32. The summed E-state index contributed by atoms with van der Waals surface area (Å²) in [6, 6.07) is 6.97. The highest BCUT2D eigenvalue weighted by Gasteiger charge is 2.19. The predicted molar refractivity (Wildman–Crippen MR) is 87.3 cm³/mol. The van der Waals surface area contributed by atoms with Gasteiger partial charge in [-0.3, -0.25) is 4.79 Å². The number of hydrogen-bond acceptors (Lipinski definition) is 2. The van der Waals surface area contributed by atoms with E-state index in [2.05, 4.69) is 49.3 Å². The summed E-state index contributed by atoms with van der Waals surface area (Å²) in [5.74, 6) is 0.176. The first-order valence-electron chi connectivity index (χ1n) is 8.09. The maximum absolute atomic E-state index is 12.0. The second-order valence-corrected chi connectivity index (χ2v) is 6.38. The van der Waals surface area contributed by atoms with Gasteiger partial charge in [-0.05, 0) is 57.8 Å². The van der Waals surface area contributed by atoms with Crippen molar-refractivity contribution in [3.8, 4) is 0 Å². The molecule has 116 valence electrons. The first-order valence-corrected chi connectivity index (χ1v) is 8.09.